The number of nitrogens with two attached hydrogens (primary N) is 1. The van der Waals surface area contributed by atoms with Crippen molar-refractivity contribution in [1.82, 2.24) is 15.5 Å². The fourth-order valence-electron chi connectivity index (χ4n) is 3.47. The molecular formula is C22H28N4O6. The van der Waals surface area contributed by atoms with Gasteiger partial charge in [-0.25, -0.2) is 0 Å². The minimum Gasteiger partial charge on any atom is -0.481 e. The molecule has 0 heterocycles. The van der Waals surface area contributed by atoms with Crippen molar-refractivity contribution in [3.8, 4) is 0 Å². The van der Waals surface area contributed by atoms with E-state index in [9.17, 15) is 24.0 Å². The van der Waals surface area contributed by atoms with E-state index in [2.05, 4.69) is 10.6 Å². The van der Waals surface area contributed by atoms with E-state index in [1.54, 1.807) is 36.4 Å². The van der Waals surface area contributed by atoms with Crippen LogP contribution in [-0.2, 0) is 19.2 Å². The molecule has 0 bridgehead atoms. The van der Waals surface area contributed by atoms with Crippen LogP contribution < -0.4 is 16.4 Å². The third-order valence-corrected chi connectivity index (χ3v) is 5.09. The number of hydrogen-bond acceptors (Lipinski definition) is 6. The number of nitrogens with zero attached hydrogens (tertiary/aromatic N) is 1. The first-order chi connectivity index (χ1) is 15.2. The summed E-state index contributed by atoms with van der Waals surface area (Å²) >= 11 is 0. The first-order valence-corrected chi connectivity index (χ1v) is 10.3. The van der Waals surface area contributed by atoms with Gasteiger partial charge in [0.25, 0.3) is 5.91 Å². The van der Waals surface area contributed by atoms with Gasteiger partial charge < -0.3 is 31.2 Å². The number of allylic oxidation sites excluding steroid dienone is 1. The molecule has 1 aliphatic carbocycles. The van der Waals surface area contributed by atoms with Crippen molar-refractivity contribution >= 4 is 30.0 Å². The van der Waals surface area contributed by atoms with E-state index in [-0.39, 0.29) is 0 Å². The highest BCUT2D eigenvalue weighted by atomic mass is 16.4. The molecule has 0 saturated carbocycles. The van der Waals surface area contributed by atoms with Crippen LogP contribution in [0.1, 0.15) is 36.5 Å². The highest BCUT2D eigenvalue weighted by molar-refractivity contribution is 5.98. The molecule has 3 amide bonds. The van der Waals surface area contributed by atoms with Crippen molar-refractivity contribution in [2.75, 3.05) is 6.54 Å². The largest absolute Gasteiger partial charge is 0.481 e. The Balaban J connectivity index is 2.14. The zero-order valence-corrected chi connectivity index (χ0v) is 17.8. The Morgan fingerprint density at radius 2 is 1.91 bits per heavy atom. The van der Waals surface area contributed by atoms with Gasteiger partial charge >= 0.3 is 5.97 Å². The van der Waals surface area contributed by atoms with Gasteiger partial charge in [0.15, 0.2) is 0 Å². The average molecular weight is 444 g/mol. The highest BCUT2D eigenvalue weighted by Crippen LogP contribution is 2.18. The summed E-state index contributed by atoms with van der Waals surface area (Å²) in [4.78, 5) is 61.4. The second-order valence-corrected chi connectivity index (χ2v) is 7.59. The van der Waals surface area contributed by atoms with Gasteiger partial charge in [-0.2, -0.15) is 0 Å². The molecule has 2 rings (SSSR count). The Labute approximate surface area is 185 Å². The van der Waals surface area contributed by atoms with Crippen molar-refractivity contribution in [2.45, 2.75) is 50.4 Å². The van der Waals surface area contributed by atoms with Crippen molar-refractivity contribution in [3.05, 3.63) is 48.0 Å². The lowest BCUT2D eigenvalue weighted by atomic mass is 9.95. The number of carbonyl (C=O) groups is 5. The fourth-order valence-corrected chi connectivity index (χ4v) is 3.47. The number of carboxylic acids is 1. The van der Waals surface area contributed by atoms with Crippen LogP contribution in [0.25, 0.3) is 0 Å². The molecule has 10 nitrogen and oxygen atoms in total. The van der Waals surface area contributed by atoms with Crippen LogP contribution in [0, 0.1) is 0 Å². The molecule has 0 spiro atoms. The first-order valence-electron chi connectivity index (χ1n) is 10.3. The minimum atomic E-state index is -1.24. The predicted molar refractivity (Wildman–Crippen MR) is 115 cm³/mol. The van der Waals surface area contributed by atoms with Crippen molar-refractivity contribution in [2.24, 2.45) is 5.73 Å². The van der Waals surface area contributed by atoms with Crippen LogP contribution in [0.3, 0.4) is 0 Å². The van der Waals surface area contributed by atoms with Crippen molar-refractivity contribution in [1.29, 1.82) is 0 Å². The third kappa shape index (κ3) is 7.02. The van der Waals surface area contributed by atoms with E-state index in [1.165, 1.54) is 11.8 Å². The molecule has 32 heavy (non-hydrogen) atoms. The van der Waals surface area contributed by atoms with Crippen molar-refractivity contribution in [3.63, 3.8) is 0 Å². The smallest absolute Gasteiger partial charge is 0.305 e. The first kappa shape index (κ1) is 24.7. The monoisotopic (exact) mass is 444 g/mol. The third-order valence-electron chi connectivity index (χ3n) is 5.09. The minimum absolute atomic E-state index is 0.329. The van der Waals surface area contributed by atoms with Crippen LogP contribution in [0.2, 0.25) is 0 Å². The lowest BCUT2D eigenvalue weighted by Crippen LogP contribution is -2.58. The number of aliphatic carboxylic acids is 1. The summed E-state index contributed by atoms with van der Waals surface area (Å²) in [5.74, 6) is -2.89. The molecule has 0 aliphatic heterocycles. The zero-order valence-electron chi connectivity index (χ0n) is 17.8. The molecule has 1 aliphatic rings. The number of aldehydes is 1. The van der Waals surface area contributed by atoms with Crippen molar-refractivity contribution < 1.29 is 29.1 Å². The van der Waals surface area contributed by atoms with E-state index >= 15 is 0 Å². The van der Waals surface area contributed by atoms with Crippen LogP contribution in [-0.4, -0.2) is 70.7 Å². The van der Waals surface area contributed by atoms with E-state index < -0.39 is 60.8 Å². The summed E-state index contributed by atoms with van der Waals surface area (Å²) in [6.07, 6.45) is 4.57. The Morgan fingerprint density at radius 1 is 1.22 bits per heavy atom. The molecule has 0 radical (unpaired) electrons. The summed E-state index contributed by atoms with van der Waals surface area (Å²) in [5.41, 5.74) is 6.53. The summed E-state index contributed by atoms with van der Waals surface area (Å²) in [5, 5.41) is 13.8. The number of benzene rings is 1. The molecule has 5 N–H and O–H groups in total. The second kappa shape index (κ2) is 11.8. The Bertz CT molecular complexity index is 872. The molecule has 1 aromatic carbocycles. The predicted octanol–water partition coefficient (Wildman–Crippen LogP) is -0.162. The van der Waals surface area contributed by atoms with Gasteiger partial charge in [-0.3, -0.25) is 19.2 Å². The Kier molecular flexibility index (Phi) is 9.08. The number of hydrogen-bond donors (Lipinski definition) is 4. The number of carbonyl (C=O) groups excluding carboxylic acids is 4. The lowest BCUT2D eigenvalue weighted by Gasteiger charge is -2.37. The summed E-state index contributed by atoms with van der Waals surface area (Å²) in [7, 11) is 0. The highest BCUT2D eigenvalue weighted by Gasteiger charge is 2.33. The normalized spacial score (nSPS) is 19.3. The van der Waals surface area contributed by atoms with Gasteiger partial charge in [-0.15, -0.1) is 0 Å². The second-order valence-electron chi connectivity index (χ2n) is 7.59. The SMILES string of the molecule is CC(NC(=O)c1ccccc1)C(=O)N(CC(=O)NC(C=O)CC(=O)O)C1CCC=CC1N. The topological polar surface area (TPSA) is 159 Å². The molecule has 0 aromatic heterocycles. The standard InChI is InChI=1S/C22H28N4O6/c1-14(24-21(31)15-7-3-2-4-8-15)22(32)26(18-10-6-5-9-17(18)23)12-19(28)25-16(13-27)11-20(29)30/h2-5,7-9,13-14,16-18H,6,10-12,23H2,1H3,(H,24,31)(H,25,28)(H,29,30). The van der Waals surface area contributed by atoms with Crippen LogP contribution in [0.4, 0.5) is 0 Å². The van der Waals surface area contributed by atoms with Crippen LogP contribution in [0.15, 0.2) is 42.5 Å². The fraction of sp³-hybridized carbons (Fsp3) is 0.409. The maximum Gasteiger partial charge on any atom is 0.305 e. The number of nitrogens with one attached hydrogen (secondary N) is 2. The lowest BCUT2D eigenvalue weighted by molar-refractivity contribution is -0.141. The van der Waals surface area contributed by atoms with Crippen LogP contribution >= 0.6 is 0 Å². The average Bonchev–Trinajstić information content (AvgIpc) is 2.77. The van der Waals surface area contributed by atoms with E-state index in [0.717, 1.165) is 0 Å². The summed E-state index contributed by atoms with van der Waals surface area (Å²) in [6, 6.07) is 5.21. The quantitative estimate of drug-likeness (QED) is 0.288. The number of rotatable bonds is 10. The Morgan fingerprint density at radius 3 is 2.50 bits per heavy atom. The molecule has 0 saturated heterocycles. The van der Waals surface area contributed by atoms with Gasteiger partial charge in [0.2, 0.25) is 11.8 Å². The van der Waals surface area contributed by atoms with Gasteiger partial charge in [-0.1, -0.05) is 30.4 Å². The molecule has 172 valence electrons. The van der Waals surface area contributed by atoms with Gasteiger partial charge in [0, 0.05) is 11.6 Å². The summed E-state index contributed by atoms with van der Waals surface area (Å²) < 4.78 is 0. The van der Waals surface area contributed by atoms with E-state index in [1.807, 2.05) is 6.08 Å². The molecule has 10 heteroatoms. The molecular weight excluding hydrogens is 416 g/mol. The molecule has 0 fully saturated rings. The van der Waals surface area contributed by atoms with Gasteiger partial charge in [-0.05, 0) is 31.9 Å². The molecule has 1 aromatic rings. The van der Waals surface area contributed by atoms with E-state index in [0.29, 0.717) is 24.7 Å². The van der Waals surface area contributed by atoms with Gasteiger partial charge in [0.05, 0.1) is 25.0 Å². The molecule has 4 atom stereocenters. The van der Waals surface area contributed by atoms with E-state index in [4.69, 9.17) is 10.8 Å². The summed E-state index contributed by atoms with van der Waals surface area (Å²) in [6.45, 7) is 1.08. The Hall–Kier alpha value is -3.53. The number of carboxylic acid groups (broad SMARTS) is 1. The maximum absolute atomic E-state index is 13.2. The molecule has 4 unspecified atom stereocenters. The number of amides is 3. The van der Waals surface area contributed by atoms with Gasteiger partial charge in [0.1, 0.15) is 12.3 Å². The maximum atomic E-state index is 13.2. The van der Waals surface area contributed by atoms with Crippen LogP contribution in [0.5, 0.6) is 0 Å². The zero-order chi connectivity index (χ0) is 23.7.